The molecular formula is C41H90O44P10. The summed E-state index contributed by atoms with van der Waals surface area (Å²) in [5.41, 5.74) is 0.219. The van der Waals surface area contributed by atoms with E-state index < -0.39 is 102 Å². The summed E-state index contributed by atoms with van der Waals surface area (Å²) in [5, 5.41) is 8.90. The molecule has 1 atom stereocenters. The maximum atomic E-state index is 10.7. The van der Waals surface area contributed by atoms with Crippen molar-refractivity contribution >= 4 is 89.5 Å². The maximum Gasteiger partial charge on any atom is 0.524 e. The summed E-state index contributed by atoms with van der Waals surface area (Å²) < 4.78 is 145. The molecule has 0 aliphatic rings. The van der Waals surface area contributed by atoms with Crippen molar-refractivity contribution in [2.45, 2.75) is 46.1 Å². The normalized spacial score (nSPS) is 11.3. The van der Waals surface area contributed by atoms with Gasteiger partial charge in [-0.05, 0) is 32.6 Å². The zero-order valence-corrected chi connectivity index (χ0v) is 58.9. The van der Waals surface area contributed by atoms with Crippen LogP contribution in [0, 0.1) is 0 Å². The van der Waals surface area contributed by atoms with Gasteiger partial charge in [-0.15, -0.1) is 26.3 Å². The van der Waals surface area contributed by atoms with Crippen molar-refractivity contribution in [3.05, 3.63) is 126 Å². The molecule has 0 rings (SSSR count). The molecule has 0 amide bonds. The third-order valence-corrected chi connectivity index (χ3v) is 11.5. The Kier molecular flexibility index (Phi) is 81.6. The summed E-state index contributed by atoms with van der Waals surface area (Å²) in [6.45, 7) is 32.0. The van der Waals surface area contributed by atoms with Crippen LogP contribution < -0.4 is 0 Å². The lowest BCUT2D eigenvalue weighted by molar-refractivity contribution is -0.140. The number of phosphoric acid groups is 7. The van der Waals surface area contributed by atoms with E-state index in [9.17, 15) is 55.2 Å². The highest BCUT2D eigenvalue weighted by Gasteiger charge is 2.18. The first-order chi connectivity index (χ1) is 42.2. The summed E-state index contributed by atoms with van der Waals surface area (Å²) in [6.07, 6.45) is 10.2. The Balaban J connectivity index is -0.0000000924. The molecule has 1 unspecified atom stereocenters. The Hall–Kier alpha value is -3.04. The summed E-state index contributed by atoms with van der Waals surface area (Å²) in [5.74, 6) is -0.675. The molecule has 0 bridgehead atoms. The van der Waals surface area contributed by atoms with E-state index in [1.165, 1.54) is 37.5 Å². The van der Waals surface area contributed by atoms with Gasteiger partial charge in [0.25, 0.3) is 0 Å². The van der Waals surface area contributed by atoms with Crippen LogP contribution in [0.1, 0.15) is 40.0 Å². The Morgan fingerprint density at radius 2 is 0.800 bits per heavy atom. The second-order valence-electron chi connectivity index (χ2n) is 14.6. The first kappa shape index (κ1) is 116. The largest absolute Gasteiger partial charge is 0.524 e. The number of carbonyl (C=O) groups excluding carboxylic acids is 2. The van der Waals surface area contributed by atoms with Crippen LogP contribution in [0.15, 0.2) is 126 Å². The number of phosphoric ester groups is 7. The molecule has 0 aromatic rings. The minimum Gasteiger partial charge on any atom is -0.502 e. The van der Waals surface area contributed by atoms with Gasteiger partial charge in [-0.3, -0.25) is 50.6 Å². The van der Waals surface area contributed by atoms with Gasteiger partial charge in [0, 0.05) is 17.5 Å². The first-order valence-corrected chi connectivity index (χ1v) is 39.7. The molecule has 0 spiro atoms. The van der Waals surface area contributed by atoms with Gasteiger partial charge in [0.05, 0.1) is 77.4 Å². The predicted molar refractivity (Wildman–Crippen MR) is 339 cm³/mol. The van der Waals surface area contributed by atoms with E-state index in [-0.39, 0.29) is 78.2 Å². The van der Waals surface area contributed by atoms with Crippen LogP contribution in [0.5, 0.6) is 0 Å². The zero-order valence-electron chi connectivity index (χ0n) is 49.9. The molecule has 54 heteroatoms. The summed E-state index contributed by atoms with van der Waals surface area (Å²) in [6, 6.07) is 0. The molecule has 44 nitrogen and oxygen atoms in total. The van der Waals surface area contributed by atoms with Crippen molar-refractivity contribution in [3.63, 3.8) is 0 Å². The molecule has 0 radical (unpaired) electrons. The molecule has 95 heavy (non-hydrogen) atoms. The summed E-state index contributed by atoms with van der Waals surface area (Å²) in [4.78, 5) is 183. The van der Waals surface area contributed by atoms with Crippen LogP contribution >= 0.6 is 77.5 Å². The minimum absolute atomic E-state index is 0. The number of aliphatic hydroxyl groups is 1. The lowest BCUT2D eigenvalue weighted by atomic mass is 10.3. The lowest BCUT2D eigenvalue weighted by Crippen LogP contribution is -2.19. The number of aliphatic hydroxyl groups excluding tert-OH is 1. The minimum atomic E-state index is -4.49. The second-order valence-corrected chi connectivity index (χ2v) is 28.2. The van der Waals surface area contributed by atoms with E-state index in [0.29, 0.717) is 44.4 Å². The third-order valence-electron chi connectivity index (χ3n) is 5.94. The molecule has 0 aromatic heterocycles. The van der Waals surface area contributed by atoms with Crippen molar-refractivity contribution in [3.8, 4) is 0 Å². The van der Waals surface area contributed by atoms with E-state index in [1.54, 1.807) is 0 Å². The average molecular weight is 1600 g/mol. The van der Waals surface area contributed by atoms with Gasteiger partial charge in [0.15, 0.2) is 0 Å². The molecule has 0 saturated heterocycles. The summed E-state index contributed by atoms with van der Waals surface area (Å²) in [7, 11) is -41.9. The number of rotatable bonds is 38. The maximum absolute atomic E-state index is 10.7. The van der Waals surface area contributed by atoms with Crippen LogP contribution in [0.2, 0.25) is 0 Å². The van der Waals surface area contributed by atoms with Gasteiger partial charge in [-0.2, -0.15) is 0 Å². The Labute approximate surface area is 547 Å². The van der Waals surface area contributed by atoms with Gasteiger partial charge in [0.2, 0.25) is 0 Å². The first-order valence-electron chi connectivity index (χ1n) is 23.7. The molecule has 0 aliphatic carbocycles. The number of esters is 2. The van der Waals surface area contributed by atoms with E-state index >= 15 is 0 Å². The fourth-order valence-corrected chi connectivity index (χ4v) is 5.72. The highest BCUT2D eigenvalue weighted by atomic mass is 31.2. The molecule has 0 saturated carbocycles. The fraction of sp³-hybridized carbons (Fsp3) is 0.463. The summed E-state index contributed by atoms with van der Waals surface area (Å²) >= 11 is 0. The van der Waals surface area contributed by atoms with Crippen molar-refractivity contribution in [2.75, 3.05) is 78.4 Å². The topological polar surface area (TPSA) is 731 Å². The Morgan fingerprint density at radius 3 is 1.05 bits per heavy atom. The second kappa shape index (κ2) is 66.8. The Bertz CT molecular complexity index is 2530. The van der Waals surface area contributed by atoms with E-state index in [1.807, 2.05) is 0 Å². The van der Waals surface area contributed by atoms with Gasteiger partial charge in [0.1, 0.15) is 25.9 Å². The molecular weight excluding hydrogens is 1510 g/mol. The van der Waals surface area contributed by atoms with Crippen LogP contribution in [-0.2, 0) is 106 Å². The number of unbranched alkanes of at least 4 members (excludes halogenated alkanes) is 1. The van der Waals surface area contributed by atoms with Gasteiger partial charge in [-0.25, -0.2) is 41.5 Å². The van der Waals surface area contributed by atoms with E-state index in [2.05, 4.69) is 112 Å². The van der Waals surface area contributed by atoms with E-state index in [0.717, 1.165) is 12.3 Å². The fourth-order valence-electron chi connectivity index (χ4n) is 2.67. The number of carbonyl (C=O) groups is 2. The van der Waals surface area contributed by atoms with Gasteiger partial charge in [-0.1, -0.05) is 71.2 Å². The standard InChI is InChI=1S/C6H11O6P.C6H13O5P.C5H11O6P.C5H9O6P.C4H9O4P.C4H9O3P.C3H7O4P.C3H7O3P.C2H5O4P.C2H5O3P.CH4/c1-5(2)6(7)11-3-4-12-13(8,9)10;1-2-10-5-3-4-6-11-12(7,8)9;1-2-10-3-5(6)4-11-12(7,8)9;1-2-5(6)10-3-4-11-12(7,8)9;1-2-3-4-8-9(5,6)7;1-2-3-4-8(5,6)7;1-2-3-7-8(4,5)6;1-2-3-7(4,5)6;1-2-6-7(3,4)5;1-2-6(3,4)5;/h1,3-4H2,2H3,(H2,8,9,10);2H,1,3-6H2,(H2,7,8,9);2,5-6H,1,3-4H2,(H2,7,8,9);2H,1,3-4H2,(H2,7,8,9);2H,1,3-4H2,(H2,5,6,7);2H,1,3-4H2,(H2,5,6,7);2H,1,3H2,(H2,4,5,6);2H,1,3H2,(H2,4,5,6);2H,1H2,(H2,3,4,5);2H,1H2,(H2,3,4,5);1H4. The molecule has 21 N–H and O–H groups in total. The van der Waals surface area contributed by atoms with Crippen LogP contribution in [0.25, 0.3) is 0 Å². The molecule has 0 aliphatic heterocycles. The van der Waals surface area contributed by atoms with Crippen molar-refractivity contribution in [1.29, 1.82) is 0 Å². The quantitative estimate of drug-likeness (QED) is 0.0104. The smallest absolute Gasteiger partial charge is 0.502 e. The van der Waals surface area contributed by atoms with Crippen molar-refractivity contribution in [1.82, 2.24) is 0 Å². The van der Waals surface area contributed by atoms with E-state index in [4.69, 9.17) is 108 Å². The lowest BCUT2D eigenvalue weighted by Gasteiger charge is -2.10. The third kappa shape index (κ3) is 171. The number of ether oxygens (including phenoxy) is 4. The average Bonchev–Trinajstić information content (AvgIpc) is 2.73. The predicted octanol–water partition coefficient (Wildman–Crippen LogP) is 3.92. The Morgan fingerprint density at radius 1 is 0.421 bits per heavy atom. The van der Waals surface area contributed by atoms with Crippen LogP contribution in [-0.4, -0.2) is 199 Å². The van der Waals surface area contributed by atoms with Crippen molar-refractivity contribution < 1.29 is 209 Å². The SMILES string of the molecule is C.C=C(C)C(=O)OCCOP(=O)(O)O.C=CC(=O)OCCOP(=O)(O)O.C=CCCOP(=O)(O)O.C=CCCP(=O)(O)O.C=CCOP(=O)(O)O.C=CCP(=O)(O)O.C=COCC(O)COP(=O)(O)O.C=COCCCCOP(=O)(O)O.C=COP(=O)(O)O.C=CP(=O)(O)O. The number of hydrogen-bond donors (Lipinski definition) is 21. The zero-order chi connectivity index (χ0) is 76.8. The monoisotopic (exact) mass is 1600 g/mol. The van der Waals surface area contributed by atoms with Crippen molar-refractivity contribution in [2.24, 2.45) is 0 Å². The highest BCUT2D eigenvalue weighted by molar-refractivity contribution is 7.55. The highest BCUT2D eigenvalue weighted by Crippen LogP contribution is 2.40. The number of allylic oxidation sites excluding steroid dienone is 2. The van der Waals surface area contributed by atoms with Gasteiger partial charge >= 0.3 is 89.5 Å². The van der Waals surface area contributed by atoms with Crippen LogP contribution in [0.3, 0.4) is 0 Å². The molecule has 0 aromatic carbocycles. The molecule has 0 heterocycles. The molecule has 568 valence electrons. The number of hydrogen-bond acceptors (Lipinski definition) is 24. The van der Waals surface area contributed by atoms with Gasteiger partial charge < -0.3 is 117 Å². The molecule has 0 fully saturated rings. The van der Waals surface area contributed by atoms with Crippen LogP contribution in [0.4, 0.5) is 0 Å².